The van der Waals surface area contributed by atoms with E-state index in [0.29, 0.717) is 12.1 Å². The minimum absolute atomic E-state index is 0.231. The monoisotopic (exact) mass is 179 g/mol. The Morgan fingerprint density at radius 2 is 1.75 bits per heavy atom. The molecule has 0 aromatic heterocycles. The minimum Gasteiger partial charge on any atom is -0.287 e. The van der Waals surface area contributed by atoms with Gasteiger partial charge in [-0.05, 0) is 12.1 Å². The van der Waals surface area contributed by atoms with Gasteiger partial charge in [0, 0.05) is 6.07 Å². The van der Waals surface area contributed by atoms with Crippen molar-refractivity contribution in [2.75, 3.05) is 0 Å². The summed E-state index contributed by atoms with van der Waals surface area (Å²) in [6.45, 7) is 0. The maximum atomic E-state index is 12.2. The highest BCUT2D eigenvalue weighted by molar-refractivity contribution is 5.30. The molecule has 0 spiro atoms. The Bertz CT molecular complexity index is 292. The molecule has 0 atom stereocenters. The van der Waals surface area contributed by atoms with Gasteiger partial charge in [0.15, 0.2) is 5.82 Å². The van der Waals surface area contributed by atoms with Crippen LogP contribution in [0.2, 0.25) is 0 Å². The van der Waals surface area contributed by atoms with E-state index in [0.717, 1.165) is 0 Å². The summed E-state index contributed by atoms with van der Waals surface area (Å²) in [5.41, 5.74) is -1.13. The molecule has 0 aliphatic carbocycles. The molecule has 1 nitrogen and oxygen atoms in total. The zero-order chi connectivity index (χ0) is 9.35. The first-order valence-corrected chi connectivity index (χ1v) is 2.95. The molecule has 1 aromatic carbocycles. The van der Waals surface area contributed by atoms with Crippen molar-refractivity contribution >= 4 is 0 Å². The molecule has 0 saturated heterocycles. The van der Waals surface area contributed by atoms with Crippen molar-refractivity contribution in [3.05, 3.63) is 29.6 Å². The van der Waals surface area contributed by atoms with Crippen LogP contribution < -0.4 is 0 Å². The molecule has 1 rings (SSSR count). The molecular weight excluding hydrogens is 176 g/mol. The van der Waals surface area contributed by atoms with Gasteiger partial charge in [-0.1, -0.05) is 0 Å². The van der Waals surface area contributed by atoms with Crippen molar-refractivity contribution in [2.24, 2.45) is 0 Å². The van der Waals surface area contributed by atoms with Crippen LogP contribution in [0.3, 0.4) is 0 Å². The number of hydrogen-bond donors (Lipinski definition) is 0. The molecule has 0 aliphatic rings. The molecule has 0 amide bonds. The lowest BCUT2D eigenvalue weighted by molar-refractivity contribution is -0.137. The molecule has 5 heteroatoms. The van der Waals surface area contributed by atoms with E-state index in [2.05, 4.69) is 0 Å². The van der Waals surface area contributed by atoms with Gasteiger partial charge in [0.25, 0.3) is 0 Å². The maximum Gasteiger partial charge on any atom is 0.416 e. The summed E-state index contributed by atoms with van der Waals surface area (Å²) in [5.74, 6) is -2.42. The smallest absolute Gasteiger partial charge is 0.287 e. The fourth-order valence-electron chi connectivity index (χ4n) is 0.680. The average molecular weight is 179 g/mol. The fraction of sp³-hybridized carbons (Fsp3) is 0.143. The zero-order valence-electron chi connectivity index (χ0n) is 5.65. The molecular formula is C7H3F4O. The van der Waals surface area contributed by atoms with Gasteiger partial charge in [-0.15, -0.1) is 0 Å². The Morgan fingerprint density at radius 1 is 1.17 bits per heavy atom. The number of hydrogen-bond acceptors (Lipinski definition) is 0. The van der Waals surface area contributed by atoms with Crippen LogP contribution in [0.1, 0.15) is 5.56 Å². The quantitative estimate of drug-likeness (QED) is 0.545. The zero-order valence-corrected chi connectivity index (χ0v) is 5.65. The SMILES string of the molecule is [O]c1cc(C(F)(F)F)ccc1F. The standard InChI is InChI=1S/C7H3F4O/c8-5-2-1-4(3-6(5)12)7(9,10)11/h1-3H. The van der Waals surface area contributed by atoms with Crippen LogP contribution in [0.15, 0.2) is 18.2 Å². The van der Waals surface area contributed by atoms with Crippen molar-refractivity contribution in [3.63, 3.8) is 0 Å². The molecule has 0 aliphatic heterocycles. The van der Waals surface area contributed by atoms with E-state index in [9.17, 15) is 22.7 Å². The summed E-state index contributed by atoms with van der Waals surface area (Å²) in [5, 5.41) is 10.4. The third kappa shape index (κ3) is 1.66. The summed E-state index contributed by atoms with van der Waals surface area (Å²) in [6.07, 6.45) is -4.59. The maximum absolute atomic E-state index is 12.2. The van der Waals surface area contributed by atoms with Gasteiger partial charge in [-0.3, -0.25) is 5.11 Å². The molecule has 12 heavy (non-hydrogen) atoms. The first kappa shape index (κ1) is 8.83. The van der Waals surface area contributed by atoms with Crippen LogP contribution in [0, 0.1) is 5.82 Å². The highest BCUT2D eigenvalue weighted by Crippen LogP contribution is 2.32. The first-order valence-electron chi connectivity index (χ1n) is 2.95. The largest absolute Gasteiger partial charge is 0.416 e. The Morgan fingerprint density at radius 3 is 2.17 bits per heavy atom. The van der Waals surface area contributed by atoms with Crippen molar-refractivity contribution in [1.29, 1.82) is 0 Å². The Hall–Kier alpha value is -1.26. The second-order valence-corrected chi connectivity index (χ2v) is 2.14. The Balaban J connectivity index is 3.14. The lowest BCUT2D eigenvalue weighted by atomic mass is 10.2. The van der Waals surface area contributed by atoms with Crippen LogP contribution in [0.5, 0.6) is 5.75 Å². The van der Waals surface area contributed by atoms with Crippen LogP contribution in [-0.2, 0) is 11.3 Å². The molecule has 0 heterocycles. The van der Waals surface area contributed by atoms with Gasteiger partial charge in [-0.2, -0.15) is 13.2 Å². The highest BCUT2D eigenvalue weighted by Gasteiger charge is 2.31. The molecule has 1 aromatic rings. The van der Waals surface area contributed by atoms with Gasteiger partial charge in [0.05, 0.1) is 5.56 Å². The second kappa shape index (κ2) is 2.66. The Kier molecular flexibility index (Phi) is 1.95. The Labute approximate surface area is 65.3 Å². The molecule has 1 radical (unpaired) electrons. The van der Waals surface area contributed by atoms with Crippen molar-refractivity contribution < 1.29 is 22.7 Å². The van der Waals surface area contributed by atoms with Crippen molar-refractivity contribution in [1.82, 2.24) is 0 Å². The van der Waals surface area contributed by atoms with Crippen LogP contribution >= 0.6 is 0 Å². The predicted octanol–water partition coefficient (Wildman–Crippen LogP) is 2.99. The third-order valence-electron chi connectivity index (χ3n) is 1.26. The third-order valence-corrected chi connectivity index (χ3v) is 1.26. The highest BCUT2D eigenvalue weighted by atomic mass is 19.4. The van der Waals surface area contributed by atoms with Crippen LogP contribution in [-0.4, -0.2) is 0 Å². The lowest BCUT2D eigenvalue weighted by Crippen LogP contribution is -2.04. The molecule has 0 fully saturated rings. The first-order chi connectivity index (χ1) is 5.41. The van der Waals surface area contributed by atoms with Gasteiger partial charge >= 0.3 is 6.18 Å². The molecule has 0 bridgehead atoms. The average Bonchev–Trinajstić information content (AvgIpc) is 1.92. The molecule has 65 valence electrons. The molecule has 0 N–H and O–H groups in total. The van der Waals surface area contributed by atoms with Gasteiger partial charge in [0.1, 0.15) is 0 Å². The van der Waals surface area contributed by atoms with Crippen molar-refractivity contribution in [2.45, 2.75) is 6.18 Å². The summed E-state index contributed by atoms with van der Waals surface area (Å²) >= 11 is 0. The van der Waals surface area contributed by atoms with E-state index in [1.165, 1.54) is 0 Å². The topological polar surface area (TPSA) is 19.9 Å². The minimum atomic E-state index is -4.59. The normalized spacial score (nSPS) is 11.7. The number of rotatable bonds is 0. The molecule has 0 unspecified atom stereocenters. The number of halogens is 4. The second-order valence-electron chi connectivity index (χ2n) is 2.14. The lowest BCUT2D eigenvalue weighted by Gasteiger charge is -2.05. The molecule has 0 saturated carbocycles. The summed E-state index contributed by atoms with van der Waals surface area (Å²) in [6, 6.07) is 1.26. The van der Waals surface area contributed by atoms with Crippen LogP contribution in [0.4, 0.5) is 17.6 Å². The van der Waals surface area contributed by atoms with E-state index >= 15 is 0 Å². The van der Waals surface area contributed by atoms with E-state index in [1.807, 2.05) is 0 Å². The van der Waals surface area contributed by atoms with E-state index in [1.54, 1.807) is 0 Å². The fourth-order valence-corrected chi connectivity index (χ4v) is 0.680. The van der Waals surface area contributed by atoms with Gasteiger partial charge < -0.3 is 0 Å². The summed E-state index contributed by atoms with van der Waals surface area (Å²) in [4.78, 5) is 0. The van der Waals surface area contributed by atoms with Gasteiger partial charge in [-0.25, -0.2) is 4.39 Å². The van der Waals surface area contributed by atoms with Gasteiger partial charge in [0.2, 0.25) is 5.75 Å². The van der Waals surface area contributed by atoms with E-state index in [-0.39, 0.29) is 6.07 Å². The van der Waals surface area contributed by atoms with E-state index in [4.69, 9.17) is 0 Å². The predicted molar refractivity (Wildman–Crippen MR) is 31.5 cm³/mol. The van der Waals surface area contributed by atoms with Crippen molar-refractivity contribution in [3.8, 4) is 5.75 Å². The number of benzene rings is 1. The van der Waals surface area contributed by atoms with Crippen LogP contribution in [0.25, 0.3) is 0 Å². The van der Waals surface area contributed by atoms with E-state index < -0.39 is 23.3 Å². The summed E-state index contributed by atoms with van der Waals surface area (Å²) in [7, 11) is 0. The number of alkyl halides is 3. The summed E-state index contributed by atoms with van der Waals surface area (Å²) < 4.78 is 47.7.